The van der Waals surface area contributed by atoms with Crippen molar-refractivity contribution in [2.24, 2.45) is 4.99 Å². The van der Waals surface area contributed by atoms with Crippen LogP contribution in [0, 0.1) is 0 Å². The number of ether oxygens (including phenoxy) is 2. The predicted molar refractivity (Wildman–Crippen MR) is 76.9 cm³/mol. The van der Waals surface area contributed by atoms with Gasteiger partial charge >= 0.3 is 0 Å². The molecule has 0 atom stereocenters. The van der Waals surface area contributed by atoms with Gasteiger partial charge in [-0.25, -0.2) is 0 Å². The van der Waals surface area contributed by atoms with Crippen LogP contribution in [0.15, 0.2) is 22.0 Å². The monoisotopic (exact) mass is 269 g/mol. The molecule has 0 unspecified atom stereocenters. The van der Waals surface area contributed by atoms with Gasteiger partial charge in [-0.15, -0.1) is 11.8 Å². The largest absolute Gasteiger partial charge is 0.494 e. The van der Waals surface area contributed by atoms with Crippen LogP contribution in [-0.2, 0) is 4.74 Å². The number of hydrogen-bond acceptors (Lipinski definition) is 5. The minimum atomic E-state index is 0.588. The average Bonchev–Trinajstić information content (AvgIpc) is 2.39. The van der Waals surface area contributed by atoms with Gasteiger partial charge in [0.15, 0.2) is 0 Å². The van der Waals surface area contributed by atoms with Gasteiger partial charge < -0.3 is 9.47 Å². The average molecular weight is 269 g/mol. The van der Waals surface area contributed by atoms with Crippen LogP contribution in [0.3, 0.4) is 0 Å². The molecule has 0 bridgehead atoms. The summed E-state index contributed by atoms with van der Waals surface area (Å²) in [7, 11) is 4.80. The third kappa shape index (κ3) is 4.89. The number of thioether (sulfide) groups is 1. The minimum absolute atomic E-state index is 0.588. The maximum atomic E-state index is 10.7. The van der Waals surface area contributed by atoms with Crippen LogP contribution in [0.2, 0.25) is 0 Å². The van der Waals surface area contributed by atoms with Crippen molar-refractivity contribution in [1.29, 1.82) is 0 Å². The molecule has 0 spiro atoms. The molecule has 0 heterocycles. The summed E-state index contributed by atoms with van der Waals surface area (Å²) in [6.45, 7) is 5.55. The summed E-state index contributed by atoms with van der Waals surface area (Å²) < 4.78 is 9.41. The van der Waals surface area contributed by atoms with Crippen molar-refractivity contribution in [2.75, 3.05) is 27.1 Å². The van der Waals surface area contributed by atoms with E-state index in [1.807, 2.05) is 6.92 Å². The third-order valence-corrected chi connectivity index (χ3v) is 2.79. The lowest BCUT2D eigenvalue weighted by molar-refractivity contribution is 0.112. The highest BCUT2D eigenvalue weighted by Gasteiger charge is 2.10. The quantitative estimate of drug-likeness (QED) is 0.468. The van der Waals surface area contributed by atoms with Crippen molar-refractivity contribution in [2.45, 2.75) is 11.8 Å². The zero-order chi connectivity index (χ0) is 14.0. The fourth-order valence-electron chi connectivity index (χ4n) is 1.25. The molecule has 0 radical (unpaired) electrons. The van der Waals surface area contributed by atoms with Crippen LogP contribution >= 0.6 is 11.8 Å². The Kier molecular flexibility index (Phi) is 8.96. The van der Waals surface area contributed by atoms with E-state index in [-0.39, 0.29) is 0 Å². The summed E-state index contributed by atoms with van der Waals surface area (Å²) >= 11 is 1.61. The van der Waals surface area contributed by atoms with Crippen LogP contribution in [0.25, 0.3) is 0 Å². The maximum absolute atomic E-state index is 10.7. The summed E-state index contributed by atoms with van der Waals surface area (Å²) in [6.07, 6.45) is 0.801. The van der Waals surface area contributed by atoms with E-state index in [9.17, 15) is 4.79 Å². The number of nitrogens with zero attached hydrogens (tertiary/aromatic N) is 1. The summed E-state index contributed by atoms with van der Waals surface area (Å²) in [6, 6.07) is 3.46. The first-order valence-corrected chi connectivity index (χ1v) is 6.33. The van der Waals surface area contributed by atoms with E-state index in [0.717, 1.165) is 16.9 Å². The topological polar surface area (TPSA) is 47.9 Å². The van der Waals surface area contributed by atoms with Gasteiger partial charge in [-0.2, -0.15) is 0 Å². The van der Waals surface area contributed by atoms with Crippen LogP contribution < -0.4 is 4.74 Å². The Bertz CT molecular complexity index is 394. The van der Waals surface area contributed by atoms with Crippen molar-refractivity contribution < 1.29 is 14.3 Å². The van der Waals surface area contributed by atoms with Crippen LogP contribution in [0.4, 0.5) is 5.69 Å². The number of aliphatic imine (C=N–C) groups is 1. The molecule has 0 saturated heterocycles. The van der Waals surface area contributed by atoms with Gasteiger partial charge in [0.25, 0.3) is 0 Å². The van der Waals surface area contributed by atoms with Crippen LogP contribution in [0.1, 0.15) is 17.3 Å². The molecule has 0 aromatic heterocycles. The van der Waals surface area contributed by atoms with E-state index >= 15 is 0 Å². The van der Waals surface area contributed by atoms with Gasteiger partial charge in [-0.1, -0.05) is 6.92 Å². The van der Waals surface area contributed by atoms with Crippen molar-refractivity contribution in [3.63, 3.8) is 0 Å². The summed E-state index contributed by atoms with van der Waals surface area (Å²) in [5.74, 6) is 1.50. The molecule has 1 aromatic rings. The minimum Gasteiger partial charge on any atom is -0.494 e. The van der Waals surface area contributed by atoms with Crippen LogP contribution in [-0.4, -0.2) is 40.1 Å². The highest BCUT2D eigenvalue weighted by Crippen LogP contribution is 2.38. The van der Waals surface area contributed by atoms with Crippen molar-refractivity contribution in [3.8, 4) is 5.75 Å². The normalized spacial score (nSPS) is 9.11. The molecule has 1 rings (SSSR count). The zero-order valence-corrected chi connectivity index (χ0v) is 12.0. The van der Waals surface area contributed by atoms with Gasteiger partial charge in [0.05, 0.1) is 7.11 Å². The molecule has 0 amide bonds. The second-order valence-corrected chi connectivity index (χ2v) is 4.49. The Morgan fingerprint density at radius 1 is 1.39 bits per heavy atom. The Hall–Kier alpha value is -1.33. The number of hydrogen-bond donors (Lipinski definition) is 0. The van der Waals surface area contributed by atoms with E-state index in [2.05, 4.69) is 16.4 Å². The molecule has 1 aromatic carbocycles. The molecular weight excluding hydrogens is 250 g/mol. The first-order chi connectivity index (χ1) is 8.68. The molecule has 4 nitrogen and oxygen atoms in total. The third-order valence-electron chi connectivity index (χ3n) is 1.88. The molecule has 0 saturated carbocycles. The highest BCUT2D eigenvalue weighted by molar-refractivity contribution is 7.99. The Morgan fingerprint density at radius 2 is 2.00 bits per heavy atom. The first kappa shape index (κ1) is 16.7. The van der Waals surface area contributed by atoms with E-state index in [1.165, 1.54) is 0 Å². The molecular formula is C13H19NO3S. The second-order valence-electron chi connectivity index (χ2n) is 3.19. The number of rotatable bonds is 5. The number of benzene rings is 1. The maximum Gasteiger partial charge on any atom is 0.150 e. The number of methoxy groups -OCH3 is 2. The molecule has 0 fully saturated rings. The van der Waals surface area contributed by atoms with Gasteiger partial charge in [0, 0.05) is 24.7 Å². The van der Waals surface area contributed by atoms with Gasteiger partial charge in [0.1, 0.15) is 17.7 Å². The lowest BCUT2D eigenvalue weighted by Gasteiger charge is -2.09. The summed E-state index contributed by atoms with van der Waals surface area (Å²) in [4.78, 5) is 15.6. The van der Waals surface area contributed by atoms with E-state index in [4.69, 9.17) is 4.74 Å². The fraction of sp³-hybridized carbons (Fsp3) is 0.385. The molecule has 18 heavy (non-hydrogen) atoms. The SMILES string of the molecule is C=Nc1c(OC)cc(C=O)cc1SCC.COC. The molecule has 0 aliphatic rings. The molecule has 100 valence electrons. The van der Waals surface area contributed by atoms with Crippen molar-refractivity contribution >= 4 is 30.5 Å². The molecule has 0 N–H and O–H groups in total. The van der Waals surface area contributed by atoms with Crippen molar-refractivity contribution in [1.82, 2.24) is 0 Å². The van der Waals surface area contributed by atoms with E-state index in [0.29, 0.717) is 17.0 Å². The first-order valence-electron chi connectivity index (χ1n) is 5.35. The number of aldehydes is 1. The fourth-order valence-corrected chi connectivity index (χ4v) is 2.08. The summed E-state index contributed by atoms with van der Waals surface area (Å²) in [5, 5.41) is 0. The Balaban J connectivity index is 0.000000873. The Morgan fingerprint density at radius 3 is 2.39 bits per heavy atom. The molecule has 0 aliphatic heterocycles. The number of carbonyl (C=O) groups is 1. The smallest absolute Gasteiger partial charge is 0.150 e. The molecule has 0 aliphatic carbocycles. The Labute approximate surface area is 112 Å². The van der Waals surface area contributed by atoms with Gasteiger partial charge in [0.2, 0.25) is 0 Å². The molecule has 5 heteroatoms. The second kappa shape index (κ2) is 9.67. The highest BCUT2D eigenvalue weighted by atomic mass is 32.2. The van der Waals surface area contributed by atoms with Gasteiger partial charge in [-0.05, 0) is 24.6 Å². The lowest BCUT2D eigenvalue weighted by atomic mass is 10.2. The lowest BCUT2D eigenvalue weighted by Crippen LogP contribution is -1.89. The standard InChI is InChI=1S/C11H13NO2S.C2H6O/c1-4-15-10-6-8(7-13)5-9(14-3)11(10)12-2;1-3-2/h5-7H,2,4H2,1,3H3;1-2H3. The van der Waals surface area contributed by atoms with Crippen LogP contribution in [0.5, 0.6) is 5.75 Å². The van der Waals surface area contributed by atoms with E-state index < -0.39 is 0 Å². The van der Waals surface area contributed by atoms with E-state index in [1.54, 1.807) is 45.2 Å². The van der Waals surface area contributed by atoms with Crippen molar-refractivity contribution in [3.05, 3.63) is 17.7 Å². The summed E-state index contributed by atoms with van der Waals surface area (Å²) in [5.41, 5.74) is 1.30. The predicted octanol–water partition coefficient (Wildman–Crippen LogP) is 3.21. The zero-order valence-electron chi connectivity index (χ0n) is 11.2. The number of carbonyl (C=O) groups excluding carboxylic acids is 1. The van der Waals surface area contributed by atoms with Gasteiger partial charge in [-0.3, -0.25) is 9.79 Å².